The van der Waals surface area contributed by atoms with Gasteiger partial charge in [0.1, 0.15) is 6.54 Å². The highest BCUT2D eigenvalue weighted by molar-refractivity contribution is 5.90. The lowest BCUT2D eigenvalue weighted by molar-refractivity contribution is -0.116. The summed E-state index contributed by atoms with van der Waals surface area (Å²) in [6.07, 6.45) is 5.67. The maximum atomic E-state index is 12.4. The van der Waals surface area contributed by atoms with Crippen molar-refractivity contribution in [3.63, 3.8) is 0 Å². The molecule has 1 aliphatic heterocycles. The van der Waals surface area contributed by atoms with E-state index in [1.165, 1.54) is 10.9 Å². The van der Waals surface area contributed by atoms with E-state index in [-0.39, 0.29) is 24.1 Å². The van der Waals surface area contributed by atoms with Gasteiger partial charge in [0.25, 0.3) is 5.56 Å². The van der Waals surface area contributed by atoms with E-state index in [4.69, 9.17) is 4.74 Å². The van der Waals surface area contributed by atoms with Gasteiger partial charge in [0, 0.05) is 12.8 Å². The zero-order valence-electron chi connectivity index (χ0n) is 13.5. The topological polar surface area (TPSA) is 91.0 Å². The summed E-state index contributed by atoms with van der Waals surface area (Å²) >= 11 is 0. The molecule has 3 aromatic rings. The molecule has 25 heavy (non-hydrogen) atoms. The number of fused-ring (bicyclic) bond motifs is 1. The minimum Gasteiger partial charge on any atom is -0.379 e. The standard InChI is InChI=1S/C17H17N5O3/c23-16(20-12-7-19-22(8-12)13-5-6-25-10-13)9-21-11-18-15-4-2-1-3-14(15)17(21)24/h1-4,7-8,11,13H,5-6,9-10H2,(H,20,23)/t13-/m0/s1. The second-order valence-electron chi connectivity index (χ2n) is 5.97. The Morgan fingerprint density at radius 3 is 3.08 bits per heavy atom. The Labute approximate surface area is 143 Å². The predicted octanol–water partition coefficient (Wildman–Crippen LogP) is 1.19. The molecule has 1 amide bonds. The lowest BCUT2D eigenvalue weighted by Crippen LogP contribution is -2.27. The summed E-state index contributed by atoms with van der Waals surface area (Å²) in [6.45, 7) is 1.26. The molecule has 128 valence electrons. The second kappa shape index (κ2) is 6.48. The Morgan fingerprint density at radius 1 is 1.36 bits per heavy atom. The lowest BCUT2D eigenvalue weighted by Gasteiger charge is -2.08. The zero-order chi connectivity index (χ0) is 17.2. The Balaban J connectivity index is 1.47. The van der Waals surface area contributed by atoms with E-state index < -0.39 is 0 Å². The van der Waals surface area contributed by atoms with Gasteiger partial charge in [0.05, 0.1) is 41.8 Å². The molecule has 8 heteroatoms. The summed E-state index contributed by atoms with van der Waals surface area (Å²) < 4.78 is 8.43. The first-order valence-corrected chi connectivity index (χ1v) is 8.06. The second-order valence-corrected chi connectivity index (χ2v) is 5.97. The van der Waals surface area contributed by atoms with Gasteiger partial charge in [-0.2, -0.15) is 5.10 Å². The molecule has 8 nitrogen and oxygen atoms in total. The smallest absolute Gasteiger partial charge is 0.261 e. The number of amides is 1. The molecule has 0 radical (unpaired) electrons. The number of para-hydroxylation sites is 1. The van der Waals surface area contributed by atoms with Crippen molar-refractivity contribution in [1.29, 1.82) is 0 Å². The van der Waals surface area contributed by atoms with E-state index in [2.05, 4.69) is 15.4 Å². The van der Waals surface area contributed by atoms with Gasteiger partial charge >= 0.3 is 0 Å². The van der Waals surface area contributed by atoms with Gasteiger partial charge in [-0.15, -0.1) is 0 Å². The third kappa shape index (κ3) is 3.16. The van der Waals surface area contributed by atoms with Crippen LogP contribution in [0.5, 0.6) is 0 Å². The number of anilines is 1. The van der Waals surface area contributed by atoms with Crippen molar-refractivity contribution in [1.82, 2.24) is 19.3 Å². The summed E-state index contributed by atoms with van der Waals surface area (Å²) in [7, 11) is 0. The van der Waals surface area contributed by atoms with Crippen molar-refractivity contribution in [3.8, 4) is 0 Å². The number of aromatic nitrogens is 4. The molecule has 4 rings (SSSR count). The van der Waals surface area contributed by atoms with Crippen LogP contribution >= 0.6 is 0 Å². The molecular formula is C17H17N5O3. The fraction of sp³-hybridized carbons (Fsp3) is 0.294. The normalized spacial score (nSPS) is 17.0. The molecule has 1 N–H and O–H groups in total. The van der Waals surface area contributed by atoms with E-state index in [9.17, 15) is 9.59 Å². The average Bonchev–Trinajstić information content (AvgIpc) is 3.29. The van der Waals surface area contributed by atoms with Crippen molar-refractivity contribution >= 4 is 22.5 Å². The molecule has 1 saturated heterocycles. The van der Waals surface area contributed by atoms with Gasteiger partial charge in [-0.25, -0.2) is 4.98 Å². The highest BCUT2D eigenvalue weighted by Crippen LogP contribution is 2.19. The number of hydrogen-bond acceptors (Lipinski definition) is 5. The van der Waals surface area contributed by atoms with Gasteiger partial charge in [-0.3, -0.25) is 18.8 Å². The highest BCUT2D eigenvalue weighted by atomic mass is 16.5. The Hall–Kier alpha value is -3.00. The number of nitrogens with one attached hydrogen (secondary N) is 1. The van der Waals surface area contributed by atoms with Gasteiger partial charge < -0.3 is 10.1 Å². The number of nitrogens with zero attached hydrogens (tertiary/aromatic N) is 4. The molecule has 1 fully saturated rings. The van der Waals surface area contributed by atoms with E-state index >= 15 is 0 Å². The molecule has 1 atom stereocenters. The number of rotatable bonds is 4. The number of carbonyl (C=O) groups is 1. The van der Waals surface area contributed by atoms with Crippen molar-refractivity contribution in [2.45, 2.75) is 19.0 Å². The first-order chi connectivity index (χ1) is 12.2. The lowest BCUT2D eigenvalue weighted by atomic mass is 10.2. The summed E-state index contributed by atoms with van der Waals surface area (Å²) in [5.74, 6) is -0.304. The third-order valence-corrected chi connectivity index (χ3v) is 4.21. The Bertz CT molecular complexity index is 972. The van der Waals surface area contributed by atoms with Crippen molar-refractivity contribution < 1.29 is 9.53 Å². The Kier molecular flexibility index (Phi) is 4.02. The van der Waals surface area contributed by atoms with Crippen LogP contribution in [-0.2, 0) is 16.1 Å². The van der Waals surface area contributed by atoms with Gasteiger partial charge in [0.2, 0.25) is 5.91 Å². The van der Waals surface area contributed by atoms with Crippen LogP contribution in [0.3, 0.4) is 0 Å². The van der Waals surface area contributed by atoms with Crippen molar-refractivity contribution in [2.75, 3.05) is 18.5 Å². The average molecular weight is 339 g/mol. The summed E-state index contributed by atoms with van der Waals surface area (Å²) in [5, 5.41) is 7.51. The number of benzene rings is 1. The first kappa shape index (κ1) is 15.5. The predicted molar refractivity (Wildman–Crippen MR) is 91.3 cm³/mol. The maximum absolute atomic E-state index is 12.4. The molecule has 1 aromatic carbocycles. The van der Waals surface area contributed by atoms with Crippen LogP contribution in [0.4, 0.5) is 5.69 Å². The molecule has 3 heterocycles. The molecule has 0 unspecified atom stereocenters. The largest absolute Gasteiger partial charge is 0.379 e. The molecule has 0 saturated carbocycles. The van der Waals surface area contributed by atoms with Crippen LogP contribution in [0.1, 0.15) is 12.5 Å². The SMILES string of the molecule is O=C(Cn1cnc2ccccc2c1=O)Nc1cnn([C@H]2CCOC2)c1. The maximum Gasteiger partial charge on any atom is 0.261 e. The van der Waals surface area contributed by atoms with Crippen LogP contribution in [0.25, 0.3) is 10.9 Å². The number of ether oxygens (including phenoxy) is 1. The van der Waals surface area contributed by atoms with Crippen LogP contribution in [0.15, 0.2) is 47.8 Å². The summed E-state index contributed by atoms with van der Waals surface area (Å²) in [5.41, 5.74) is 0.975. The van der Waals surface area contributed by atoms with Crippen LogP contribution in [-0.4, -0.2) is 38.5 Å². The quantitative estimate of drug-likeness (QED) is 0.771. The molecule has 1 aliphatic rings. The first-order valence-electron chi connectivity index (χ1n) is 8.06. The van der Waals surface area contributed by atoms with Crippen LogP contribution in [0.2, 0.25) is 0 Å². The molecular weight excluding hydrogens is 322 g/mol. The monoisotopic (exact) mass is 339 g/mol. The fourth-order valence-electron chi connectivity index (χ4n) is 2.91. The van der Waals surface area contributed by atoms with E-state index in [1.807, 2.05) is 6.07 Å². The molecule has 0 spiro atoms. The third-order valence-electron chi connectivity index (χ3n) is 4.21. The molecule has 0 bridgehead atoms. The van der Waals surface area contributed by atoms with E-state index in [0.717, 1.165) is 13.0 Å². The molecule has 2 aromatic heterocycles. The fourth-order valence-corrected chi connectivity index (χ4v) is 2.91. The minimum atomic E-state index is -0.304. The van der Waals surface area contributed by atoms with Gasteiger partial charge in [0.15, 0.2) is 0 Å². The van der Waals surface area contributed by atoms with Gasteiger partial charge in [-0.1, -0.05) is 12.1 Å². The van der Waals surface area contributed by atoms with E-state index in [1.54, 1.807) is 35.3 Å². The van der Waals surface area contributed by atoms with Crippen molar-refractivity contribution in [2.24, 2.45) is 0 Å². The summed E-state index contributed by atoms with van der Waals surface area (Å²) in [6, 6.07) is 7.27. The van der Waals surface area contributed by atoms with Crippen LogP contribution < -0.4 is 10.9 Å². The zero-order valence-corrected chi connectivity index (χ0v) is 13.5. The Morgan fingerprint density at radius 2 is 2.24 bits per heavy atom. The van der Waals surface area contributed by atoms with Crippen molar-refractivity contribution in [3.05, 3.63) is 53.3 Å². The molecule has 0 aliphatic carbocycles. The van der Waals surface area contributed by atoms with Gasteiger partial charge in [-0.05, 0) is 18.6 Å². The van der Waals surface area contributed by atoms with Crippen LogP contribution in [0, 0.1) is 0 Å². The highest BCUT2D eigenvalue weighted by Gasteiger charge is 2.18. The minimum absolute atomic E-state index is 0.103. The summed E-state index contributed by atoms with van der Waals surface area (Å²) in [4.78, 5) is 28.9. The number of hydrogen-bond donors (Lipinski definition) is 1. The number of carbonyl (C=O) groups excluding carboxylic acids is 1. The van der Waals surface area contributed by atoms with E-state index in [0.29, 0.717) is 23.2 Å².